The molecule has 1 saturated heterocycles. The molecule has 2 amide bonds. The van der Waals surface area contributed by atoms with Crippen molar-refractivity contribution in [3.8, 4) is 0 Å². The summed E-state index contributed by atoms with van der Waals surface area (Å²) in [6.45, 7) is 4.89. The number of carboxylic acid groups (broad SMARTS) is 1. The quantitative estimate of drug-likeness (QED) is 0.774. The van der Waals surface area contributed by atoms with Gasteiger partial charge in [-0.2, -0.15) is 0 Å². The van der Waals surface area contributed by atoms with E-state index in [0.29, 0.717) is 25.4 Å². The largest absolute Gasteiger partial charge is 0.480 e. The fourth-order valence-corrected chi connectivity index (χ4v) is 2.30. The number of amides is 2. The topological polar surface area (TPSA) is 81.1 Å². The lowest BCUT2D eigenvalue weighted by molar-refractivity contribution is -0.144. The molecular formula is C12H22N2O4. The Morgan fingerprint density at radius 1 is 1.44 bits per heavy atom. The van der Waals surface area contributed by atoms with Gasteiger partial charge in [-0.05, 0) is 25.7 Å². The number of carbonyl (C=O) groups is 2. The van der Waals surface area contributed by atoms with Crippen LogP contribution in [0.4, 0.5) is 4.79 Å². The van der Waals surface area contributed by atoms with Gasteiger partial charge in [0, 0.05) is 19.6 Å². The SMILES string of the molecule is CCN(CCO)C(=O)N1CCC(C)CC1C(=O)O. The average Bonchev–Trinajstić information content (AvgIpc) is 2.35. The highest BCUT2D eigenvalue weighted by atomic mass is 16.4. The molecule has 18 heavy (non-hydrogen) atoms. The van der Waals surface area contributed by atoms with Gasteiger partial charge in [-0.1, -0.05) is 6.92 Å². The third kappa shape index (κ3) is 3.35. The van der Waals surface area contributed by atoms with Crippen LogP contribution in [0.2, 0.25) is 0 Å². The number of aliphatic hydroxyl groups is 1. The number of likely N-dealkylation sites (N-methyl/N-ethyl adjacent to an activating group) is 1. The molecule has 0 bridgehead atoms. The molecular weight excluding hydrogens is 236 g/mol. The lowest BCUT2D eigenvalue weighted by atomic mass is 9.92. The molecule has 2 atom stereocenters. The van der Waals surface area contributed by atoms with Crippen molar-refractivity contribution in [1.29, 1.82) is 0 Å². The van der Waals surface area contributed by atoms with Crippen molar-refractivity contribution in [2.45, 2.75) is 32.7 Å². The van der Waals surface area contributed by atoms with E-state index in [9.17, 15) is 14.7 Å². The molecule has 1 rings (SSSR count). The predicted molar refractivity (Wildman–Crippen MR) is 66.3 cm³/mol. The summed E-state index contributed by atoms with van der Waals surface area (Å²) < 4.78 is 0. The maximum absolute atomic E-state index is 12.2. The molecule has 6 heteroatoms. The van der Waals surface area contributed by atoms with Crippen LogP contribution in [0.5, 0.6) is 0 Å². The Hall–Kier alpha value is -1.30. The van der Waals surface area contributed by atoms with Crippen LogP contribution in [0.1, 0.15) is 26.7 Å². The number of piperidine rings is 1. The van der Waals surface area contributed by atoms with Gasteiger partial charge >= 0.3 is 12.0 Å². The zero-order valence-electron chi connectivity index (χ0n) is 11.0. The van der Waals surface area contributed by atoms with Gasteiger partial charge < -0.3 is 20.0 Å². The predicted octanol–water partition coefficient (Wildman–Crippen LogP) is 0.606. The summed E-state index contributed by atoms with van der Waals surface area (Å²) in [5, 5.41) is 18.1. The van der Waals surface area contributed by atoms with Crippen molar-refractivity contribution >= 4 is 12.0 Å². The van der Waals surface area contributed by atoms with Crippen LogP contribution in [0, 0.1) is 5.92 Å². The average molecular weight is 258 g/mol. The molecule has 0 aromatic carbocycles. The number of hydrogen-bond donors (Lipinski definition) is 2. The summed E-state index contributed by atoms with van der Waals surface area (Å²) in [5.41, 5.74) is 0. The highest BCUT2D eigenvalue weighted by Crippen LogP contribution is 2.23. The van der Waals surface area contributed by atoms with Crippen LogP contribution in [-0.2, 0) is 4.79 Å². The first-order valence-electron chi connectivity index (χ1n) is 6.40. The first-order valence-corrected chi connectivity index (χ1v) is 6.40. The monoisotopic (exact) mass is 258 g/mol. The van der Waals surface area contributed by atoms with Crippen molar-refractivity contribution in [3.63, 3.8) is 0 Å². The first-order chi connectivity index (χ1) is 8.51. The summed E-state index contributed by atoms with van der Waals surface area (Å²) in [4.78, 5) is 26.3. The standard InChI is InChI=1S/C12H22N2O4/c1-3-13(6-7-15)12(18)14-5-4-9(2)8-10(14)11(16)17/h9-10,15H,3-8H2,1-2H3,(H,16,17). The molecule has 6 nitrogen and oxygen atoms in total. The summed E-state index contributed by atoms with van der Waals surface area (Å²) in [5.74, 6) is -0.627. The molecule has 0 saturated carbocycles. The third-order valence-electron chi connectivity index (χ3n) is 3.42. The number of carboxylic acids is 1. The number of urea groups is 1. The molecule has 0 aromatic heterocycles. The molecule has 0 aromatic rings. The molecule has 1 aliphatic heterocycles. The Morgan fingerprint density at radius 2 is 2.11 bits per heavy atom. The maximum atomic E-state index is 12.2. The molecule has 104 valence electrons. The minimum Gasteiger partial charge on any atom is -0.480 e. The number of aliphatic hydroxyl groups excluding tert-OH is 1. The minimum absolute atomic E-state index is 0.110. The van der Waals surface area contributed by atoms with Crippen molar-refractivity contribution < 1.29 is 19.8 Å². The second-order valence-corrected chi connectivity index (χ2v) is 4.76. The van der Waals surface area contributed by atoms with E-state index in [-0.39, 0.29) is 19.2 Å². The highest BCUT2D eigenvalue weighted by molar-refractivity contribution is 5.83. The molecule has 0 spiro atoms. The zero-order valence-corrected chi connectivity index (χ0v) is 11.0. The number of hydrogen-bond acceptors (Lipinski definition) is 3. The second-order valence-electron chi connectivity index (χ2n) is 4.76. The summed E-state index contributed by atoms with van der Waals surface area (Å²) in [6.07, 6.45) is 1.32. The van der Waals surface area contributed by atoms with Gasteiger partial charge in [0.15, 0.2) is 0 Å². The Morgan fingerprint density at radius 3 is 2.61 bits per heavy atom. The van der Waals surface area contributed by atoms with Crippen molar-refractivity contribution in [2.75, 3.05) is 26.2 Å². The second kappa shape index (κ2) is 6.58. The summed E-state index contributed by atoms with van der Waals surface area (Å²) in [6, 6.07) is -1.03. The first kappa shape index (κ1) is 14.8. The van der Waals surface area contributed by atoms with Crippen LogP contribution >= 0.6 is 0 Å². The van der Waals surface area contributed by atoms with Gasteiger partial charge in [0.1, 0.15) is 6.04 Å². The number of nitrogens with zero attached hydrogens (tertiary/aromatic N) is 2. The molecule has 2 N–H and O–H groups in total. The highest BCUT2D eigenvalue weighted by Gasteiger charge is 2.36. The van der Waals surface area contributed by atoms with Gasteiger partial charge in [0.2, 0.25) is 0 Å². The molecule has 1 fully saturated rings. The van der Waals surface area contributed by atoms with Crippen LogP contribution in [0.3, 0.4) is 0 Å². The van der Waals surface area contributed by atoms with Crippen molar-refractivity contribution in [1.82, 2.24) is 9.80 Å². The molecule has 1 heterocycles. The normalized spacial score (nSPS) is 23.8. The fourth-order valence-electron chi connectivity index (χ4n) is 2.30. The Balaban J connectivity index is 2.77. The Kier molecular flexibility index (Phi) is 5.40. The van der Waals surface area contributed by atoms with Gasteiger partial charge in [-0.3, -0.25) is 0 Å². The van der Waals surface area contributed by atoms with Crippen LogP contribution in [-0.4, -0.2) is 64.3 Å². The van der Waals surface area contributed by atoms with E-state index in [0.717, 1.165) is 6.42 Å². The minimum atomic E-state index is -0.949. The van der Waals surface area contributed by atoms with E-state index in [1.165, 1.54) is 9.80 Å². The van der Waals surface area contributed by atoms with Gasteiger partial charge in [0.25, 0.3) is 0 Å². The fraction of sp³-hybridized carbons (Fsp3) is 0.833. The van der Waals surface area contributed by atoms with E-state index in [1.807, 2.05) is 13.8 Å². The third-order valence-corrected chi connectivity index (χ3v) is 3.42. The number of rotatable bonds is 4. The van der Waals surface area contributed by atoms with Gasteiger partial charge in [-0.25, -0.2) is 9.59 Å². The molecule has 2 unspecified atom stereocenters. The van der Waals surface area contributed by atoms with E-state index < -0.39 is 12.0 Å². The molecule has 0 aliphatic carbocycles. The smallest absolute Gasteiger partial charge is 0.326 e. The Labute approximate surface area is 107 Å². The zero-order chi connectivity index (χ0) is 13.7. The lowest BCUT2D eigenvalue weighted by Gasteiger charge is -2.38. The number of aliphatic carboxylic acids is 1. The van der Waals surface area contributed by atoms with E-state index >= 15 is 0 Å². The maximum Gasteiger partial charge on any atom is 0.326 e. The van der Waals surface area contributed by atoms with E-state index in [2.05, 4.69) is 0 Å². The number of likely N-dealkylation sites (tertiary alicyclic amines) is 1. The van der Waals surface area contributed by atoms with E-state index in [4.69, 9.17) is 5.11 Å². The van der Waals surface area contributed by atoms with Crippen LogP contribution < -0.4 is 0 Å². The lowest BCUT2D eigenvalue weighted by Crippen LogP contribution is -2.54. The van der Waals surface area contributed by atoms with Crippen molar-refractivity contribution in [3.05, 3.63) is 0 Å². The van der Waals surface area contributed by atoms with Gasteiger partial charge in [-0.15, -0.1) is 0 Å². The van der Waals surface area contributed by atoms with Crippen molar-refractivity contribution in [2.24, 2.45) is 5.92 Å². The van der Waals surface area contributed by atoms with Crippen LogP contribution in [0.15, 0.2) is 0 Å². The molecule has 1 aliphatic rings. The van der Waals surface area contributed by atoms with E-state index in [1.54, 1.807) is 0 Å². The van der Waals surface area contributed by atoms with Crippen LogP contribution in [0.25, 0.3) is 0 Å². The molecule has 0 radical (unpaired) electrons. The van der Waals surface area contributed by atoms with Gasteiger partial charge in [0.05, 0.1) is 6.61 Å². The summed E-state index contributed by atoms with van der Waals surface area (Å²) in [7, 11) is 0. The number of carbonyl (C=O) groups excluding carboxylic acids is 1. The summed E-state index contributed by atoms with van der Waals surface area (Å²) >= 11 is 0. The Bertz CT molecular complexity index is 308.